The fourth-order valence-electron chi connectivity index (χ4n) is 9.59. The first-order valence-corrected chi connectivity index (χ1v) is 21.0. The highest BCUT2D eigenvalue weighted by Crippen LogP contribution is 2.42. The standard InChI is InChI=1S/C59H39NO/c1-5-21-47-39(14-1)18-12-27-48(47)42-19-11-20-46(36-42)60(45-33-30-41(31-34-45)57-37-43-16-3-6-22-49(43)52-25-9-10-26-53(52)57)38-44-17-4-7-23-50(44)54-28-13-29-55-56-35-32-40-15-2-8-24-51(40)58(56)61-59(54)55/h1-37H,38H2. The Morgan fingerprint density at radius 1 is 0.295 bits per heavy atom. The van der Waals surface area contributed by atoms with Crippen LogP contribution >= 0.6 is 0 Å². The quantitative estimate of drug-likeness (QED) is 0.150. The Labute approximate surface area is 354 Å². The minimum Gasteiger partial charge on any atom is -0.455 e. The first kappa shape index (κ1) is 35.0. The third-order valence-corrected chi connectivity index (χ3v) is 12.5. The highest BCUT2D eigenvalue weighted by Gasteiger charge is 2.20. The van der Waals surface area contributed by atoms with Gasteiger partial charge in [-0.1, -0.05) is 188 Å². The Bertz CT molecular complexity index is 3630. The number of furan rings is 1. The summed E-state index contributed by atoms with van der Waals surface area (Å²) in [6.07, 6.45) is 0. The summed E-state index contributed by atoms with van der Waals surface area (Å²) < 4.78 is 6.88. The molecule has 0 unspecified atom stereocenters. The largest absolute Gasteiger partial charge is 0.455 e. The van der Waals surface area contributed by atoms with Crippen LogP contribution in [0.3, 0.4) is 0 Å². The maximum Gasteiger partial charge on any atom is 0.143 e. The van der Waals surface area contributed by atoms with Crippen molar-refractivity contribution in [1.29, 1.82) is 0 Å². The van der Waals surface area contributed by atoms with Crippen molar-refractivity contribution >= 4 is 76.4 Å². The fraction of sp³-hybridized carbons (Fsp3) is 0.0169. The van der Waals surface area contributed by atoms with Crippen molar-refractivity contribution in [3.63, 3.8) is 0 Å². The van der Waals surface area contributed by atoms with E-state index in [1.807, 2.05) is 0 Å². The van der Waals surface area contributed by atoms with Gasteiger partial charge in [0.25, 0.3) is 0 Å². The molecule has 0 radical (unpaired) electrons. The zero-order valence-corrected chi connectivity index (χ0v) is 33.4. The molecule has 0 spiro atoms. The van der Waals surface area contributed by atoms with Crippen molar-refractivity contribution in [3.05, 3.63) is 230 Å². The van der Waals surface area contributed by atoms with Crippen LogP contribution in [0.1, 0.15) is 5.56 Å². The van der Waals surface area contributed by atoms with Gasteiger partial charge in [-0.05, 0) is 107 Å². The van der Waals surface area contributed by atoms with Crippen LogP contribution in [-0.2, 0) is 6.54 Å². The normalized spacial score (nSPS) is 11.7. The summed E-state index contributed by atoms with van der Waals surface area (Å²) in [6, 6.07) is 81.5. The fourth-order valence-corrected chi connectivity index (χ4v) is 9.59. The summed E-state index contributed by atoms with van der Waals surface area (Å²) >= 11 is 0. The third kappa shape index (κ3) is 5.95. The summed E-state index contributed by atoms with van der Waals surface area (Å²) in [6.45, 7) is 0.646. The van der Waals surface area contributed by atoms with E-state index in [9.17, 15) is 0 Å². The molecule has 0 saturated heterocycles. The Morgan fingerprint density at radius 2 is 0.885 bits per heavy atom. The van der Waals surface area contributed by atoms with E-state index in [1.165, 1.54) is 65.5 Å². The molecule has 286 valence electrons. The van der Waals surface area contributed by atoms with Crippen molar-refractivity contribution in [2.24, 2.45) is 0 Å². The molecule has 0 aliphatic carbocycles. The Morgan fingerprint density at radius 3 is 1.74 bits per heavy atom. The van der Waals surface area contributed by atoms with Gasteiger partial charge >= 0.3 is 0 Å². The average Bonchev–Trinajstić information content (AvgIpc) is 3.73. The topological polar surface area (TPSA) is 16.4 Å². The summed E-state index contributed by atoms with van der Waals surface area (Å²) in [5.74, 6) is 0. The number of hydrogen-bond acceptors (Lipinski definition) is 2. The maximum atomic E-state index is 6.88. The molecule has 11 aromatic carbocycles. The van der Waals surface area contributed by atoms with Gasteiger partial charge < -0.3 is 9.32 Å². The van der Waals surface area contributed by atoms with E-state index >= 15 is 0 Å². The summed E-state index contributed by atoms with van der Waals surface area (Å²) in [7, 11) is 0. The molecule has 0 saturated carbocycles. The van der Waals surface area contributed by atoms with Crippen molar-refractivity contribution in [3.8, 4) is 33.4 Å². The molecule has 2 heteroatoms. The number of fused-ring (bicyclic) bond motifs is 9. The second kappa shape index (κ2) is 14.4. The Balaban J connectivity index is 1.01. The SMILES string of the molecule is c1cc(-c2cccc3ccccc23)cc(N(Cc2ccccc2-c2cccc3c2oc2c4ccccc4ccc32)c2ccc(-c3cc4ccccc4c4ccccc34)cc2)c1. The molecular formula is C59H39NO. The number of anilines is 2. The van der Waals surface area contributed by atoms with Gasteiger partial charge in [-0.25, -0.2) is 0 Å². The van der Waals surface area contributed by atoms with E-state index in [-0.39, 0.29) is 0 Å². The Hall–Kier alpha value is -7.94. The molecule has 1 aromatic heterocycles. The minimum absolute atomic E-state index is 0.646. The number of para-hydroxylation sites is 1. The Kier molecular flexibility index (Phi) is 8.28. The smallest absolute Gasteiger partial charge is 0.143 e. The van der Waals surface area contributed by atoms with Crippen LogP contribution in [0.2, 0.25) is 0 Å². The predicted octanol–water partition coefficient (Wildman–Crippen LogP) is 16.5. The van der Waals surface area contributed by atoms with Crippen molar-refractivity contribution in [2.45, 2.75) is 6.54 Å². The lowest BCUT2D eigenvalue weighted by molar-refractivity contribution is 0.673. The van der Waals surface area contributed by atoms with Crippen molar-refractivity contribution < 1.29 is 4.42 Å². The minimum atomic E-state index is 0.646. The molecule has 12 aromatic rings. The molecule has 2 nitrogen and oxygen atoms in total. The second-order valence-electron chi connectivity index (χ2n) is 16.0. The summed E-state index contributed by atoms with van der Waals surface area (Å²) in [4.78, 5) is 2.46. The van der Waals surface area contributed by atoms with Gasteiger partial charge in [0.05, 0.1) is 0 Å². The zero-order chi connectivity index (χ0) is 40.3. The molecular weight excluding hydrogens is 739 g/mol. The third-order valence-electron chi connectivity index (χ3n) is 12.5. The first-order chi connectivity index (χ1) is 30.2. The molecule has 1 heterocycles. The van der Waals surface area contributed by atoms with Crippen LogP contribution in [0.25, 0.3) is 98.4 Å². The van der Waals surface area contributed by atoms with Crippen LogP contribution in [0, 0.1) is 0 Å². The average molecular weight is 778 g/mol. The summed E-state index contributed by atoms with van der Waals surface area (Å²) in [5.41, 5.74) is 12.4. The number of rotatable bonds is 7. The number of hydrogen-bond donors (Lipinski definition) is 0. The lowest BCUT2D eigenvalue weighted by atomic mass is 9.93. The van der Waals surface area contributed by atoms with Gasteiger partial charge in [0.15, 0.2) is 0 Å². The van der Waals surface area contributed by atoms with Gasteiger partial charge in [0.1, 0.15) is 11.2 Å². The second-order valence-corrected chi connectivity index (χ2v) is 16.0. The van der Waals surface area contributed by atoms with Crippen LogP contribution in [-0.4, -0.2) is 0 Å². The van der Waals surface area contributed by atoms with Gasteiger partial charge in [-0.2, -0.15) is 0 Å². The predicted molar refractivity (Wildman–Crippen MR) is 259 cm³/mol. The van der Waals surface area contributed by atoms with E-state index in [0.717, 1.165) is 49.8 Å². The maximum absolute atomic E-state index is 6.88. The lowest BCUT2D eigenvalue weighted by Gasteiger charge is -2.27. The number of benzene rings is 11. The highest BCUT2D eigenvalue weighted by molar-refractivity contribution is 6.17. The van der Waals surface area contributed by atoms with E-state index in [1.54, 1.807) is 0 Å². The zero-order valence-electron chi connectivity index (χ0n) is 33.4. The molecule has 0 fully saturated rings. The molecule has 0 aliphatic heterocycles. The van der Waals surface area contributed by atoms with Gasteiger partial charge in [0.2, 0.25) is 0 Å². The van der Waals surface area contributed by atoms with Gasteiger partial charge in [0, 0.05) is 39.6 Å². The van der Waals surface area contributed by atoms with Crippen molar-refractivity contribution in [2.75, 3.05) is 4.90 Å². The molecule has 0 N–H and O–H groups in total. The van der Waals surface area contributed by atoms with Gasteiger partial charge in [-0.3, -0.25) is 0 Å². The highest BCUT2D eigenvalue weighted by atomic mass is 16.3. The molecule has 0 bridgehead atoms. The van der Waals surface area contributed by atoms with E-state index in [4.69, 9.17) is 4.42 Å². The number of nitrogens with zero attached hydrogens (tertiary/aromatic N) is 1. The molecule has 0 aliphatic rings. The van der Waals surface area contributed by atoms with Crippen molar-refractivity contribution in [1.82, 2.24) is 0 Å². The van der Waals surface area contributed by atoms with E-state index < -0.39 is 0 Å². The van der Waals surface area contributed by atoms with Gasteiger partial charge in [-0.15, -0.1) is 0 Å². The van der Waals surface area contributed by atoms with Crippen LogP contribution < -0.4 is 4.90 Å². The van der Waals surface area contributed by atoms with Crippen LogP contribution in [0.15, 0.2) is 229 Å². The van der Waals surface area contributed by atoms with E-state index in [0.29, 0.717) is 6.54 Å². The monoisotopic (exact) mass is 777 g/mol. The molecule has 12 rings (SSSR count). The molecule has 0 atom stereocenters. The first-order valence-electron chi connectivity index (χ1n) is 21.0. The van der Waals surface area contributed by atoms with Crippen LogP contribution in [0.4, 0.5) is 11.4 Å². The summed E-state index contributed by atoms with van der Waals surface area (Å²) in [5, 5.41) is 12.1. The van der Waals surface area contributed by atoms with Crippen LogP contribution in [0.5, 0.6) is 0 Å². The van der Waals surface area contributed by atoms with E-state index in [2.05, 4.69) is 229 Å². The molecule has 0 amide bonds. The lowest BCUT2D eigenvalue weighted by Crippen LogP contribution is -2.17. The molecule has 61 heavy (non-hydrogen) atoms.